The van der Waals surface area contributed by atoms with E-state index in [2.05, 4.69) is 16.9 Å². The second kappa shape index (κ2) is 6.26. The molecule has 1 aromatic rings. The number of hydrogen-bond acceptors (Lipinski definition) is 5. The molecule has 122 valence electrons. The van der Waals surface area contributed by atoms with Crippen LogP contribution in [-0.4, -0.2) is 67.6 Å². The number of piperidine rings is 1. The molecular weight excluding hydrogens is 298 g/mol. The van der Waals surface area contributed by atoms with E-state index in [1.54, 1.807) is 18.4 Å². The van der Waals surface area contributed by atoms with Crippen LogP contribution < -0.4 is 0 Å². The maximum Gasteiger partial charge on any atom is 0.273 e. The van der Waals surface area contributed by atoms with Gasteiger partial charge in [0, 0.05) is 44.6 Å². The van der Waals surface area contributed by atoms with Crippen molar-refractivity contribution in [2.24, 2.45) is 11.3 Å². The Morgan fingerprint density at radius 2 is 2.23 bits per heavy atom. The van der Waals surface area contributed by atoms with Gasteiger partial charge in [-0.2, -0.15) is 0 Å². The van der Waals surface area contributed by atoms with Gasteiger partial charge in [0.1, 0.15) is 5.69 Å². The molecule has 0 bridgehead atoms. The number of likely N-dealkylation sites (tertiary alicyclic amines) is 2. The highest BCUT2D eigenvalue weighted by molar-refractivity contribution is 7.09. The summed E-state index contributed by atoms with van der Waals surface area (Å²) in [5, 5.41) is 2.83. The molecule has 0 aromatic carbocycles. The van der Waals surface area contributed by atoms with Crippen LogP contribution in [0.2, 0.25) is 0 Å². The van der Waals surface area contributed by atoms with Gasteiger partial charge in [-0.1, -0.05) is 0 Å². The third-order valence-electron chi connectivity index (χ3n) is 5.24. The third-order valence-corrected chi connectivity index (χ3v) is 6.01. The van der Waals surface area contributed by atoms with Crippen molar-refractivity contribution >= 4 is 17.2 Å². The fraction of sp³-hybridized carbons (Fsp3) is 0.750. The highest BCUT2D eigenvalue weighted by Gasteiger charge is 2.47. The number of rotatable bonds is 3. The van der Waals surface area contributed by atoms with Crippen LogP contribution in [0.3, 0.4) is 0 Å². The van der Waals surface area contributed by atoms with Gasteiger partial charge in [-0.05, 0) is 32.2 Å². The van der Waals surface area contributed by atoms with Crippen LogP contribution in [0.4, 0.5) is 0 Å². The van der Waals surface area contributed by atoms with Crippen LogP contribution in [0.25, 0.3) is 0 Å². The first-order valence-corrected chi connectivity index (χ1v) is 8.81. The molecule has 2 fully saturated rings. The van der Waals surface area contributed by atoms with Crippen LogP contribution in [0.1, 0.15) is 28.3 Å². The zero-order valence-corrected chi connectivity index (χ0v) is 14.5. The standard InChI is InChI=1S/C16H25N3O2S/c1-12-17-14(10-22-12)15(20)19-6-4-16(5-7-19)11-18(2)8-13(16)9-21-3/h10,13H,4-9,11H2,1-3H3. The molecule has 1 amide bonds. The minimum absolute atomic E-state index is 0.0915. The minimum atomic E-state index is 0.0915. The molecule has 5 nitrogen and oxygen atoms in total. The lowest BCUT2D eigenvalue weighted by Gasteiger charge is -2.42. The minimum Gasteiger partial charge on any atom is -0.384 e. The quantitative estimate of drug-likeness (QED) is 0.852. The first-order valence-electron chi connectivity index (χ1n) is 7.93. The van der Waals surface area contributed by atoms with E-state index < -0.39 is 0 Å². The normalized spacial score (nSPS) is 25.0. The highest BCUT2D eigenvalue weighted by atomic mass is 32.1. The summed E-state index contributed by atoms with van der Waals surface area (Å²) >= 11 is 1.54. The predicted molar refractivity (Wildman–Crippen MR) is 87.3 cm³/mol. The van der Waals surface area contributed by atoms with Gasteiger partial charge in [0.15, 0.2) is 0 Å². The third kappa shape index (κ3) is 2.92. The summed E-state index contributed by atoms with van der Waals surface area (Å²) in [6, 6.07) is 0. The van der Waals surface area contributed by atoms with Gasteiger partial charge in [-0.3, -0.25) is 4.79 Å². The van der Waals surface area contributed by atoms with E-state index in [0.717, 1.165) is 50.6 Å². The average molecular weight is 323 g/mol. The summed E-state index contributed by atoms with van der Waals surface area (Å²) in [7, 11) is 3.97. The number of nitrogens with zero attached hydrogens (tertiary/aromatic N) is 3. The molecule has 1 aromatic heterocycles. The number of aryl methyl sites for hydroxylation is 1. The second-order valence-electron chi connectivity index (χ2n) is 6.76. The lowest BCUT2D eigenvalue weighted by atomic mass is 9.71. The largest absolute Gasteiger partial charge is 0.384 e. The molecule has 1 unspecified atom stereocenters. The molecule has 2 aliphatic heterocycles. The van der Waals surface area contributed by atoms with Gasteiger partial charge in [0.25, 0.3) is 5.91 Å². The summed E-state index contributed by atoms with van der Waals surface area (Å²) in [5.74, 6) is 0.676. The Morgan fingerprint density at radius 1 is 1.50 bits per heavy atom. The molecule has 1 atom stereocenters. The van der Waals surface area contributed by atoms with Crippen LogP contribution in [0.5, 0.6) is 0 Å². The topological polar surface area (TPSA) is 45.7 Å². The van der Waals surface area contributed by atoms with E-state index in [1.165, 1.54) is 0 Å². The number of carbonyl (C=O) groups excluding carboxylic acids is 1. The zero-order chi connectivity index (χ0) is 15.7. The number of aromatic nitrogens is 1. The zero-order valence-electron chi connectivity index (χ0n) is 13.7. The van der Waals surface area contributed by atoms with Crippen LogP contribution in [0.15, 0.2) is 5.38 Å². The molecular formula is C16H25N3O2S. The summed E-state index contributed by atoms with van der Waals surface area (Å²) < 4.78 is 5.43. The van der Waals surface area contributed by atoms with E-state index >= 15 is 0 Å². The van der Waals surface area contributed by atoms with Gasteiger partial charge in [0.05, 0.1) is 11.6 Å². The van der Waals surface area contributed by atoms with Crippen molar-refractivity contribution < 1.29 is 9.53 Å². The summed E-state index contributed by atoms with van der Waals surface area (Å²) in [5.41, 5.74) is 0.926. The summed E-state index contributed by atoms with van der Waals surface area (Å²) in [6.07, 6.45) is 2.14. The number of carbonyl (C=O) groups is 1. The second-order valence-corrected chi connectivity index (χ2v) is 7.82. The van der Waals surface area contributed by atoms with Gasteiger partial charge >= 0.3 is 0 Å². The number of thiazole rings is 1. The van der Waals surface area contributed by atoms with Crippen molar-refractivity contribution in [1.29, 1.82) is 0 Å². The van der Waals surface area contributed by atoms with Gasteiger partial charge < -0.3 is 14.5 Å². The van der Waals surface area contributed by atoms with Crippen LogP contribution in [0, 0.1) is 18.3 Å². The van der Waals surface area contributed by atoms with Crippen molar-refractivity contribution in [3.63, 3.8) is 0 Å². The molecule has 0 saturated carbocycles. The van der Waals surface area contributed by atoms with E-state index in [-0.39, 0.29) is 5.91 Å². The van der Waals surface area contributed by atoms with Crippen molar-refractivity contribution in [2.75, 3.05) is 46.9 Å². The molecule has 2 aliphatic rings. The SMILES string of the molecule is COCC1CN(C)CC12CCN(C(=O)c1csc(C)n1)CC2. The summed E-state index contributed by atoms with van der Waals surface area (Å²) in [4.78, 5) is 21.2. The predicted octanol–water partition coefficient (Wildman–Crippen LogP) is 1.88. The van der Waals surface area contributed by atoms with E-state index in [0.29, 0.717) is 17.0 Å². The fourth-order valence-corrected chi connectivity index (χ4v) is 4.66. The smallest absolute Gasteiger partial charge is 0.273 e. The van der Waals surface area contributed by atoms with Crippen LogP contribution in [-0.2, 0) is 4.74 Å². The molecule has 3 rings (SSSR count). The maximum atomic E-state index is 12.5. The molecule has 0 N–H and O–H groups in total. The molecule has 0 radical (unpaired) electrons. The lowest BCUT2D eigenvalue weighted by molar-refractivity contribution is 0.0322. The molecule has 3 heterocycles. The monoisotopic (exact) mass is 323 g/mol. The van der Waals surface area contributed by atoms with E-state index in [9.17, 15) is 4.79 Å². The van der Waals surface area contributed by atoms with Crippen molar-refractivity contribution in [3.8, 4) is 0 Å². The molecule has 22 heavy (non-hydrogen) atoms. The maximum absolute atomic E-state index is 12.5. The molecule has 2 saturated heterocycles. The number of ether oxygens (including phenoxy) is 1. The Morgan fingerprint density at radius 3 is 2.82 bits per heavy atom. The Bertz CT molecular complexity index is 537. The van der Waals surface area contributed by atoms with Gasteiger partial charge in [0.2, 0.25) is 0 Å². The summed E-state index contributed by atoms with van der Waals surface area (Å²) in [6.45, 7) is 6.67. The Balaban J connectivity index is 1.65. The highest BCUT2D eigenvalue weighted by Crippen LogP contribution is 2.44. The Hall–Kier alpha value is -0.980. The van der Waals surface area contributed by atoms with Crippen molar-refractivity contribution in [2.45, 2.75) is 19.8 Å². The average Bonchev–Trinajstić information content (AvgIpc) is 3.04. The molecule has 6 heteroatoms. The van der Waals surface area contributed by atoms with Crippen molar-refractivity contribution in [1.82, 2.24) is 14.8 Å². The van der Waals surface area contributed by atoms with Crippen molar-refractivity contribution in [3.05, 3.63) is 16.1 Å². The first kappa shape index (κ1) is 15.9. The number of methoxy groups -OCH3 is 1. The number of amides is 1. The Labute approximate surface area is 136 Å². The van der Waals surface area contributed by atoms with Gasteiger partial charge in [-0.15, -0.1) is 11.3 Å². The van der Waals surface area contributed by atoms with E-state index in [1.807, 2.05) is 17.2 Å². The Kier molecular flexibility index (Phi) is 4.52. The molecule has 0 aliphatic carbocycles. The van der Waals surface area contributed by atoms with Crippen LogP contribution >= 0.6 is 11.3 Å². The first-order chi connectivity index (χ1) is 10.5. The van der Waals surface area contributed by atoms with E-state index in [4.69, 9.17) is 4.74 Å². The lowest BCUT2D eigenvalue weighted by Crippen LogP contribution is -2.47. The fourth-order valence-electron chi connectivity index (χ4n) is 4.08. The molecule has 1 spiro atoms. The van der Waals surface area contributed by atoms with Gasteiger partial charge in [-0.25, -0.2) is 4.98 Å². The number of hydrogen-bond donors (Lipinski definition) is 0.